The standard InChI is InChI=1S/C17H19IN2O/c18-14-7-5-13(6-8-14)16(20-19)11-17-15-4-2-1-3-12(15)9-10-21-17/h1-8,16-17,20H,9-11,19H2. The molecular weight excluding hydrogens is 375 g/mol. The molecule has 3 rings (SSSR count). The van der Waals surface area contributed by atoms with E-state index in [1.807, 2.05) is 0 Å². The summed E-state index contributed by atoms with van der Waals surface area (Å²) in [5.74, 6) is 5.77. The van der Waals surface area contributed by atoms with Gasteiger partial charge in [0.25, 0.3) is 0 Å². The Hall–Kier alpha value is -0.950. The molecule has 1 heterocycles. The lowest BCUT2D eigenvalue weighted by Gasteiger charge is -2.29. The van der Waals surface area contributed by atoms with Crippen molar-refractivity contribution in [3.63, 3.8) is 0 Å². The van der Waals surface area contributed by atoms with Gasteiger partial charge in [-0.1, -0.05) is 36.4 Å². The summed E-state index contributed by atoms with van der Waals surface area (Å²) in [5, 5.41) is 0. The molecule has 0 saturated carbocycles. The highest BCUT2D eigenvalue weighted by Crippen LogP contribution is 2.34. The molecule has 2 aromatic carbocycles. The van der Waals surface area contributed by atoms with Gasteiger partial charge in [0.05, 0.1) is 12.7 Å². The predicted molar refractivity (Wildman–Crippen MR) is 92.7 cm³/mol. The maximum Gasteiger partial charge on any atom is 0.0846 e. The number of hydrogen-bond donors (Lipinski definition) is 2. The number of benzene rings is 2. The van der Waals surface area contributed by atoms with Crippen LogP contribution >= 0.6 is 22.6 Å². The van der Waals surface area contributed by atoms with E-state index in [9.17, 15) is 0 Å². The van der Waals surface area contributed by atoms with E-state index in [2.05, 4.69) is 76.5 Å². The van der Waals surface area contributed by atoms with Gasteiger partial charge >= 0.3 is 0 Å². The van der Waals surface area contributed by atoms with Gasteiger partial charge in [-0.2, -0.15) is 0 Å². The van der Waals surface area contributed by atoms with Crippen LogP contribution in [0.5, 0.6) is 0 Å². The van der Waals surface area contributed by atoms with Crippen molar-refractivity contribution >= 4 is 22.6 Å². The zero-order chi connectivity index (χ0) is 14.7. The van der Waals surface area contributed by atoms with E-state index in [1.54, 1.807) is 0 Å². The molecule has 110 valence electrons. The molecule has 3 N–H and O–H groups in total. The van der Waals surface area contributed by atoms with E-state index >= 15 is 0 Å². The van der Waals surface area contributed by atoms with E-state index in [-0.39, 0.29) is 12.1 Å². The van der Waals surface area contributed by atoms with Crippen molar-refractivity contribution in [3.05, 3.63) is 68.8 Å². The van der Waals surface area contributed by atoms with Crippen LogP contribution < -0.4 is 11.3 Å². The Balaban J connectivity index is 1.80. The van der Waals surface area contributed by atoms with E-state index in [0.717, 1.165) is 19.4 Å². The van der Waals surface area contributed by atoms with Gasteiger partial charge < -0.3 is 4.74 Å². The van der Waals surface area contributed by atoms with Crippen molar-refractivity contribution in [1.29, 1.82) is 0 Å². The molecular formula is C17H19IN2O. The zero-order valence-corrected chi connectivity index (χ0v) is 13.9. The van der Waals surface area contributed by atoms with Crippen LogP contribution in [0.3, 0.4) is 0 Å². The molecule has 2 unspecified atom stereocenters. The number of nitrogens with one attached hydrogen (secondary N) is 1. The lowest BCUT2D eigenvalue weighted by atomic mass is 9.91. The summed E-state index contributed by atoms with van der Waals surface area (Å²) in [7, 11) is 0. The minimum Gasteiger partial charge on any atom is -0.373 e. The smallest absolute Gasteiger partial charge is 0.0846 e. The maximum absolute atomic E-state index is 5.98. The fraction of sp³-hybridized carbons (Fsp3) is 0.294. The third-order valence-corrected chi connectivity index (χ3v) is 4.73. The summed E-state index contributed by atoms with van der Waals surface area (Å²) in [5.41, 5.74) is 6.83. The molecule has 1 aliphatic heterocycles. The number of hydrazine groups is 1. The summed E-state index contributed by atoms with van der Waals surface area (Å²) in [6, 6.07) is 17.1. The Kier molecular flexibility index (Phi) is 4.90. The minimum absolute atomic E-state index is 0.0955. The molecule has 0 saturated heterocycles. The van der Waals surface area contributed by atoms with Crippen molar-refractivity contribution in [2.45, 2.75) is 25.0 Å². The number of fused-ring (bicyclic) bond motifs is 1. The van der Waals surface area contributed by atoms with Gasteiger partial charge in [0.1, 0.15) is 0 Å². The summed E-state index contributed by atoms with van der Waals surface area (Å²) < 4.78 is 7.21. The third kappa shape index (κ3) is 3.45. The summed E-state index contributed by atoms with van der Waals surface area (Å²) >= 11 is 2.31. The Labute approximate surface area is 139 Å². The van der Waals surface area contributed by atoms with Crippen LogP contribution in [0.4, 0.5) is 0 Å². The molecule has 0 fully saturated rings. The van der Waals surface area contributed by atoms with Crippen LogP contribution in [0.1, 0.15) is 35.3 Å². The van der Waals surface area contributed by atoms with Crippen LogP contribution in [-0.4, -0.2) is 6.61 Å². The molecule has 0 amide bonds. The topological polar surface area (TPSA) is 47.3 Å². The fourth-order valence-electron chi connectivity index (χ4n) is 2.88. The quantitative estimate of drug-likeness (QED) is 0.474. The van der Waals surface area contributed by atoms with Crippen molar-refractivity contribution in [2.24, 2.45) is 5.84 Å². The van der Waals surface area contributed by atoms with E-state index in [4.69, 9.17) is 10.6 Å². The summed E-state index contributed by atoms with van der Waals surface area (Å²) in [6.45, 7) is 0.783. The Morgan fingerprint density at radius 3 is 2.71 bits per heavy atom. The van der Waals surface area contributed by atoms with Gasteiger partial charge in [0.15, 0.2) is 0 Å². The molecule has 4 heteroatoms. The average Bonchev–Trinajstić information content (AvgIpc) is 2.54. The molecule has 1 aliphatic rings. The van der Waals surface area contributed by atoms with Gasteiger partial charge in [-0.15, -0.1) is 0 Å². The number of halogens is 1. The molecule has 0 aliphatic carbocycles. The Bertz CT molecular complexity index is 600. The highest BCUT2D eigenvalue weighted by atomic mass is 127. The Morgan fingerprint density at radius 2 is 1.95 bits per heavy atom. The second kappa shape index (κ2) is 6.87. The lowest BCUT2D eigenvalue weighted by molar-refractivity contribution is 0.0293. The van der Waals surface area contributed by atoms with Gasteiger partial charge in [-0.3, -0.25) is 11.3 Å². The van der Waals surface area contributed by atoms with Gasteiger partial charge in [0, 0.05) is 9.61 Å². The number of rotatable bonds is 4. The first-order valence-corrected chi connectivity index (χ1v) is 8.27. The molecule has 0 aromatic heterocycles. The number of hydrogen-bond acceptors (Lipinski definition) is 3. The predicted octanol–water partition coefficient (Wildman–Crippen LogP) is 3.50. The number of nitrogens with two attached hydrogens (primary N) is 1. The van der Waals surface area contributed by atoms with Crippen LogP contribution in [-0.2, 0) is 11.2 Å². The summed E-state index contributed by atoms with van der Waals surface area (Å²) in [4.78, 5) is 0. The highest BCUT2D eigenvalue weighted by molar-refractivity contribution is 14.1. The highest BCUT2D eigenvalue weighted by Gasteiger charge is 2.24. The monoisotopic (exact) mass is 394 g/mol. The van der Waals surface area contributed by atoms with Crippen molar-refractivity contribution in [1.82, 2.24) is 5.43 Å². The normalized spacial score (nSPS) is 19.0. The maximum atomic E-state index is 5.98. The van der Waals surface area contributed by atoms with Crippen molar-refractivity contribution < 1.29 is 4.74 Å². The molecule has 2 atom stereocenters. The fourth-order valence-corrected chi connectivity index (χ4v) is 3.24. The second-order valence-electron chi connectivity index (χ2n) is 5.31. The molecule has 3 nitrogen and oxygen atoms in total. The summed E-state index contributed by atoms with van der Waals surface area (Å²) in [6.07, 6.45) is 1.95. The lowest BCUT2D eigenvalue weighted by Crippen LogP contribution is -2.31. The van der Waals surface area contributed by atoms with E-state index in [0.29, 0.717) is 0 Å². The number of ether oxygens (including phenoxy) is 1. The molecule has 0 radical (unpaired) electrons. The van der Waals surface area contributed by atoms with Crippen molar-refractivity contribution in [2.75, 3.05) is 6.61 Å². The molecule has 21 heavy (non-hydrogen) atoms. The molecule has 0 spiro atoms. The van der Waals surface area contributed by atoms with Gasteiger partial charge in [-0.05, 0) is 64.3 Å². The largest absolute Gasteiger partial charge is 0.373 e. The molecule has 0 bridgehead atoms. The third-order valence-electron chi connectivity index (χ3n) is 4.02. The minimum atomic E-state index is 0.0955. The first kappa shape index (κ1) is 15.0. The van der Waals surface area contributed by atoms with Crippen molar-refractivity contribution in [3.8, 4) is 0 Å². The van der Waals surface area contributed by atoms with Crippen LogP contribution in [0.25, 0.3) is 0 Å². The first-order valence-electron chi connectivity index (χ1n) is 7.19. The van der Waals surface area contributed by atoms with Crippen LogP contribution in [0, 0.1) is 3.57 Å². The first-order chi connectivity index (χ1) is 10.3. The Morgan fingerprint density at radius 1 is 1.19 bits per heavy atom. The van der Waals surface area contributed by atoms with Crippen LogP contribution in [0.15, 0.2) is 48.5 Å². The van der Waals surface area contributed by atoms with E-state index in [1.165, 1.54) is 20.3 Å². The average molecular weight is 394 g/mol. The van der Waals surface area contributed by atoms with Gasteiger partial charge in [-0.25, -0.2) is 0 Å². The van der Waals surface area contributed by atoms with E-state index < -0.39 is 0 Å². The second-order valence-corrected chi connectivity index (χ2v) is 6.56. The van der Waals surface area contributed by atoms with Crippen LogP contribution in [0.2, 0.25) is 0 Å². The zero-order valence-electron chi connectivity index (χ0n) is 11.8. The van der Waals surface area contributed by atoms with Gasteiger partial charge in [0.2, 0.25) is 0 Å². The molecule has 2 aromatic rings. The SMILES string of the molecule is NNC(CC1OCCc2ccccc21)c1ccc(I)cc1.